The van der Waals surface area contributed by atoms with Crippen molar-refractivity contribution in [1.29, 1.82) is 0 Å². The third-order valence-corrected chi connectivity index (χ3v) is 11.2. The molecule has 1 heterocycles. The van der Waals surface area contributed by atoms with Gasteiger partial charge in [0.2, 0.25) is 0 Å². The Morgan fingerprint density at radius 3 is 1.81 bits per heavy atom. The average molecular weight is 751 g/mol. The van der Waals surface area contributed by atoms with E-state index in [2.05, 4.69) is 208 Å². The second kappa shape index (κ2) is 16.5. The monoisotopic (exact) mass is 750 g/mol. The van der Waals surface area contributed by atoms with Crippen LogP contribution in [0.4, 0.5) is 0 Å². The van der Waals surface area contributed by atoms with E-state index in [0.717, 1.165) is 67.8 Å². The van der Waals surface area contributed by atoms with Crippen molar-refractivity contribution in [2.24, 2.45) is 10.7 Å². The van der Waals surface area contributed by atoms with Gasteiger partial charge < -0.3 is 10.5 Å². The van der Waals surface area contributed by atoms with Gasteiger partial charge in [-0.25, -0.2) is 0 Å². The van der Waals surface area contributed by atoms with Gasteiger partial charge in [-0.1, -0.05) is 196 Å². The van der Waals surface area contributed by atoms with Crippen molar-refractivity contribution in [2.45, 2.75) is 25.0 Å². The second-order valence-electron chi connectivity index (χ2n) is 14.4. The van der Waals surface area contributed by atoms with Crippen LogP contribution in [0.25, 0.3) is 38.6 Å². The van der Waals surface area contributed by atoms with Gasteiger partial charge in [-0.15, -0.1) is 0 Å². The Hall–Kier alpha value is -7.23. The number of aryl methyl sites for hydroxylation is 1. The minimum atomic E-state index is -0.866. The Bertz CT molecular complexity index is 2730. The van der Waals surface area contributed by atoms with Crippen molar-refractivity contribution in [3.63, 3.8) is 0 Å². The van der Waals surface area contributed by atoms with E-state index in [1.807, 2.05) is 12.1 Å². The molecule has 0 saturated heterocycles. The van der Waals surface area contributed by atoms with Gasteiger partial charge in [0.25, 0.3) is 0 Å². The molecule has 58 heavy (non-hydrogen) atoms. The Balaban J connectivity index is 0.000000375. The SMILES string of the molecule is C=CN.C=NC(c1ccccc1-c1ccc2c(c1)C1(Oc3ccccc3C2=C)c2ccccc2-c2ccccc21)c1cccc2ccccc12.CCc1ccccc1. The van der Waals surface area contributed by atoms with E-state index in [9.17, 15) is 0 Å². The van der Waals surface area contributed by atoms with Crippen molar-refractivity contribution >= 4 is 23.1 Å². The number of hydrogen-bond acceptors (Lipinski definition) is 3. The van der Waals surface area contributed by atoms with Crippen LogP contribution in [-0.2, 0) is 12.0 Å². The molecule has 3 nitrogen and oxygen atoms in total. The maximum Gasteiger partial charge on any atom is 0.186 e. The molecule has 10 rings (SSSR count). The molecule has 1 spiro atoms. The summed E-state index contributed by atoms with van der Waals surface area (Å²) in [5, 5.41) is 2.38. The normalized spacial score (nSPS) is 13.1. The number of nitrogens with zero attached hydrogens (tertiary/aromatic N) is 1. The number of aliphatic imine (C=N–C) groups is 1. The van der Waals surface area contributed by atoms with E-state index >= 15 is 0 Å². The molecule has 0 radical (unpaired) electrons. The molecule has 1 atom stereocenters. The number of para-hydroxylation sites is 1. The predicted octanol–water partition coefficient (Wildman–Crippen LogP) is 13.4. The van der Waals surface area contributed by atoms with Gasteiger partial charge in [-0.3, -0.25) is 4.99 Å². The molecule has 0 saturated carbocycles. The summed E-state index contributed by atoms with van der Waals surface area (Å²) in [5.74, 6) is 0.828. The maximum absolute atomic E-state index is 7.37. The first kappa shape index (κ1) is 37.7. The summed E-state index contributed by atoms with van der Waals surface area (Å²) in [6, 6.07) is 66.1. The molecule has 3 heteroatoms. The fraction of sp³-hybridized carbons (Fsp3) is 0.0727. The average Bonchev–Trinajstić information content (AvgIpc) is 3.51. The number of fused-ring (bicyclic) bond motifs is 9. The molecule has 1 aliphatic heterocycles. The van der Waals surface area contributed by atoms with Crippen LogP contribution in [0.15, 0.2) is 212 Å². The maximum atomic E-state index is 7.37. The quantitative estimate of drug-likeness (QED) is 0.178. The standard InChI is InChI=1S/C45H31NO.C8H10.C2H5N/c1-29-32-27-26-31(35-18-5-6-21-38(35)44(46-2)39-22-13-15-30-14-3-4-17-34(30)39)28-42(32)45(47-43-25-12-9-16-33(29)43)40-23-10-7-19-36(40)37-20-8-11-24-41(37)45;1-2-8-6-4-3-5-7-8;1-2-3/h3-28,44H,1-2H2;3-7H,2H2,1H3;2H,1,3H2. The first-order valence-corrected chi connectivity index (χ1v) is 19.7. The van der Waals surface area contributed by atoms with Crippen molar-refractivity contribution in [3.05, 3.63) is 252 Å². The molecule has 2 N–H and O–H groups in total. The number of nitrogens with two attached hydrogens (primary N) is 1. The van der Waals surface area contributed by atoms with E-state index < -0.39 is 5.60 Å². The topological polar surface area (TPSA) is 47.6 Å². The van der Waals surface area contributed by atoms with Crippen molar-refractivity contribution in [1.82, 2.24) is 0 Å². The lowest BCUT2D eigenvalue weighted by atomic mass is 9.78. The molecule has 1 unspecified atom stereocenters. The van der Waals surface area contributed by atoms with Crippen LogP contribution in [0.5, 0.6) is 5.75 Å². The summed E-state index contributed by atoms with van der Waals surface area (Å²) in [6.45, 7) is 14.0. The van der Waals surface area contributed by atoms with Crippen molar-refractivity contribution in [2.75, 3.05) is 0 Å². The number of rotatable bonds is 5. The summed E-state index contributed by atoms with van der Waals surface area (Å²) >= 11 is 0. The van der Waals surface area contributed by atoms with Crippen LogP contribution < -0.4 is 10.5 Å². The summed E-state index contributed by atoms with van der Waals surface area (Å²) in [7, 11) is 0. The molecule has 0 bridgehead atoms. The molecule has 2 aliphatic rings. The summed E-state index contributed by atoms with van der Waals surface area (Å²) < 4.78 is 7.37. The van der Waals surface area contributed by atoms with Gasteiger partial charge in [0.05, 0.1) is 0 Å². The molecule has 0 amide bonds. The van der Waals surface area contributed by atoms with Crippen molar-refractivity contribution < 1.29 is 4.74 Å². The lowest BCUT2D eigenvalue weighted by Crippen LogP contribution is -2.34. The van der Waals surface area contributed by atoms with Crippen LogP contribution in [0.3, 0.4) is 0 Å². The van der Waals surface area contributed by atoms with E-state index in [-0.39, 0.29) is 6.04 Å². The van der Waals surface area contributed by atoms with Crippen LogP contribution in [-0.4, -0.2) is 6.72 Å². The van der Waals surface area contributed by atoms with E-state index in [1.54, 1.807) is 0 Å². The molecule has 0 aromatic heterocycles. The van der Waals surface area contributed by atoms with E-state index in [1.165, 1.54) is 33.7 Å². The van der Waals surface area contributed by atoms with Crippen LogP contribution in [0, 0.1) is 0 Å². The Morgan fingerprint density at radius 1 is 0.586 bits per heavy atom. The first-order valence-electron chi connectivity index (χ1n) is 19.7. The minimum absolute atomic E-state index is 0.242. The lowest BCUT2D eigenvalue weighted by molar-refractivity contribution is 0.161. The van der Waals surface area contributed by atoms with Gasteiger partial charge in [0.1, 0.15) is 11.8 Å². The molecule has 1 aliphatic carbocycles. The van der Waals surface area contributed by atoms with E-state index in [4.69, 9.17) is 9.73 Å². The Morgan fingerprint density at radius 2 is 1.14 bits per heavy atom. The fourth-order valence-electron chi connectivity index (χ4n) is 8.60. The summed E-state index contributed by atoms with van der Waals surface area (Å²) in [4.78, 5) is 4.75. The van der Waals surface area contributed by atoms with Gasteiger partial charge in [0.15, 0.2) is 5.60 Å². The summed E-state index contributed by atoms with van der Waals surface area (Å²) in [6.07, 6.45) is 2.39. The molecule has 282 valence electrons. The van der Waals surface area contributed by atoms with Gasteiger partial charge >= 0.3 is 0 Å². The number of ether oxygens (including phenoxy) is 1. The van der Waals surface area contributed by atoms with E-state index in [0.29, 0.717) is 0 Å². The highest BCUT2D eigenvalue weighted by molar-refractivity contribution is 5.91. The second-order valence-corrected chi connectivity index (χ2v) is 14.4. The highest BCUT2D eigenvalue weighted by Crippen LogP contribution is 2.57. The zero-order valence-electron chi connectivity index (χ0n) is 32.8. The largest absolute Gasteiger partial charge is 0.472 e. The Labute approximate surface area is 342 Å². The Kier molecular flexibility index (Phi) is 10.7. The predicted molar refractivity (Wildman–Crippen MR) is 244 cm³/mol. The van der Waals surface area contributed by atoms with Gasteiger partial charge in [0, 0.05) is 22.3 Å². The third kappa shape index (κ3) is 6.61. The fourth-order valence-corrected chi connectivity index (χ4v) is 8.60. The van der Waals surface area contributed by atoms with Gasteiger partial charge in [-0.05, 0) is 92.3 Å². The smallest absolute Gasteiger partial charge is 0.186 e. The van der Waals surface area contributed by atoms with Crippen molar-refractivity contribution in [3.8, 4) is 28.0 Å². The van der Waals surface area contributed by atoms with Crippen LogP contribution in [0.1, 0.15) is 57.5 Å². The molecule has 0 fully saturated rings. The summed E-state index contributed by atoms with van der Waals surface area (Å²) in [5.41, 5.74) is 18.4. The molecule has 8 aromatic carbocycles. The van der Waals surface area contributed by atoms with Gasteiger partial charge in [-0.2, -0.15) is 0 Å². The minimum Gasteiger partial charge on any atom is -0.472 e. The number of benzene rings is 8. The molecule has 8 aromatic rings. The number of hydrogen-bond donors (Lipinski definition) is 1. The highest BCUT2D eigenvalue weighted by Gasteiger charge is 2.50. The molecular formula is C55H46N2O. The lowest BCUT2D eigenvalue weighted by Gasteiger charge is -2.34. The van der Waals surface area contributed by atoms with Crippen LogP contribution >= 0.6 is 0 Å². The van der Waals surface area contributed by atoms with Crippen LogP contribution in [0.2, 0.25) is 0 Å². The molecular weight excluding hydrogens is 705 g/mol. The highest BCUT2D eigenvalue weighted by atomic mass is 16.5. The zero-order valence-corrected chi connectivity index (χ0v) is 32.8. The zero-order chi connectivity index (χ0) is 40.1. The first-order chi connectivity index (χ1) is 28.5. The third-order valence-electron chi connectivity index (χ3n) is 11.2.